The van der Waals surface area contributed by atoms with Crippen molar-refractivity contribution in [2.24, 2.45) is 0 Å². The first-order valence-corrected chi connectivity index (χ1v) is 9.49. The Morgan fingerprint density at radius 2 is 1.54 bits per heavy atom. The quantitative estimate of drug-likeness (QED) is 0.655. The van der Waals surface area contributed by atoms with Crippen LogP contribution in [0.15, 0.2) is 67.0 Å². The Bertz CT molecular complexity index is 906. The first-order chi connectivity index (χ1) is 13.8. The Balaban J connectivity index is 1.34. The molecule has 0 unspecified atom stereocenters. The summed E-state index contributed by atoms with van der Waals surface area (Å²) in [6.45, 7) is 0. The molecule has 3 aromatic rings. The zero-order valence-corrected chi connectivity index (χ0v) is 15.5. The van der Waals surface area contributed by atoms with Gasteiger partial charge in [-0.2, -0.15) is 0 Å². The van der Waals surface area contributed by atoms with Crippen LogP contribution in [0.2, 0.25) is 0 Å². The Hall–Kier alpha value is -3.41. The van der Waals surface area contributed by atoms with Gasteiger partial charge in [0.25, 0.3) is 5.91 Å². The molecular weight excluding hydrogens is 352 g/mol. The van der Waals surface area contributed by atoms with Crippen molar-refractivity contribution in [2.45, 2.75) is 31.7 Å². The molecule has 142 valence electrons. The fraction of sp³-hybridized carbons (Fsp3) is 0.227. The molecule has 0 spiro atoms. The normalized spacial score (nSPS) is 13.9. The Kier molecular flexibility index (Phi) is 5.47. The third kappa shape index (κ3) is 4.65. The number of amides is 1. The fourth-order valence-corrected chi connectivity index (χ4v) is 3.21. The first kappa shape index (κ1) is 18.0. The number of nitrogens with one attached hydrogen (secondary N) is 2. The third-order valence-corrected chi connectivity index (χ3v) is 4.69. The molecule has 1 aromatic heterocycles. The van der Waals surface area contributed by atoms with Gasteiger partial charge in [-0.05, 0) is 49.2 Å². The van der Waals surface area contributed by atoms with Gasteiger partial charge in [0.15, 0.2) is 0 Å². The second-order valence-electron chi connectivity index (χ2n) is 6.81. The molecule has 0 aliphatic heterocycles. The Morgan fingerprint density at radius 1 is 0.893 bits per heavy atom. The van der Waals surface area contributed by atoms with Gasteiger partial charge in [-0.3, -0.25) is 4.79 Å². The lowest BCUT2D eigenvalue weighted by Crippen LogP contribution is -2.32. The van der Waals surface area contributed by atoms with Crippen molar-refractivity contribution in [2.75, 3.05) is 5.32 Å². The first-order valence-electron chi connectivity index (χ1n) is 9.49. The summed E-state index contributed by atoms with van der Waals surface area (Å²) in [4.78, 5) is 20.7. The molecule has 4 rings (SSSR count). The molecule has 1 saturated carbocycles. The fourth-order valence-electron chi connectivity index (χ4n) is 3.21. The highest BCUT2D eigenvalue weighted by atomic mass is 16.5. The lowest BCUT2D eigenvalue weighted by molar-refractivity contribution is 0.0937. The number of benzene rings is 2. The van der Waals surface area contributed by atoms with Gasteiger partial charge in [-0.25, -0.2) is 9.97 Å². The lowest BCUT2D eigenvalue weighted by atomic mass is 10.2. The zero-order valence-electron chi connectivity index (χ0n) is 15.5. The zero-order chi connectivity index (χ0) is 19.2. The smallest absolute Gasteiger partial charge is 0.254 e. The monoisotopic (exact) mass is 374 g/mol. The molecule has 1 heterocycles. The average Bonchev–Trinajstić information content (AvgIpc) is 3.24. The molecule has 2 N–H and O–H groups in total. The van der Waals surface area contributed by atoms with Crippen molar-refractivity contribution in [3.63, 3.8) is 0 Å². The van der Waals surface area contributed by atoms with Crippen LogP contribution in [0.4, 0.5) is 11.6 Å². The van der Waals surface area contributed by atoms with E-state index in [0.29, 0.717) is 11.5 Å². The van der Waals surface area contributed by atoms with E-state index in [1.807, 2.05) is 54.6 Å². The van der Waals surface area contributed by atoms with E-state index in [2.05, 4.69) is 20.6 Å². The van der Waals surface area contributed by atoms with E-state index in [1.54, 1.807) is 12.4 Å². The van der Waals surface area contributed by atoms with Crippen molar-refractivity contribution in [3.05, 3.63) is 72.6 Å². The van der Waals surface area contributed by atoms with Gasteiger partial charge in [0.2, 0.25) is 5.95 Å². The van der Waals surface area contributed by atoms with E-state index < -0.39 is 0 Å². The van der Waals surface area contributed by atoms with E-state index in [4.69, 9.17) is 4.74 Å². The van der Waals surface area contributed by atoms with Crippen molar-refractivity contribution in [1.82, 2.24) is 15.3 Å². The third-order valence-electron chi connectivity index (χ3n) is 4.69. The molecule has 2 aromatic carbocycles. The lowest BCUT2D eigenvalue weighted by Gasteiger charge is -2.11. The highest BCUT2D eigenvalue weighted by molar-refractivity contribution is 5.93. The van der Waals surface area contributed by atoms with E-state index in [1.165, 1.54) is 12.8 Å². The van der Waals surface area contributed by atoms with Gasteiger partial charge in [0.05, 0.1) is 5.56 Å². The number of ether oxygens (including phenoxy) is 1. The number of carbonyl (C=O) groups is 1. The molecule has 0 saturated heterocycles. The molecule has 0 bridgehead atoms. The summed E-state index contributed by atoms with van der Waals surface area (Å²) in [5.41, 5.74) is 1.31. The number of hydrogen-bond acceptors (Lipinski definition) is 5. The number of para-hydroxylation sites is 1. The van der Waals surface area contributed by atoms with Gasteiger partial charge < -0.3 is 15.4 Å². The number of nitrogens with zero attached hydrogens (tertiary/aromatic N) is 2. The van der Waals surface area contributed by atoms with E-state index in [0.717, 1.165) is 30.0 Å². The molecular formula is C22H22N4O2. The van der Waals surface area contributed by atoms with E-state index in [9.17, 15) is 4.79 Å². The molecule has 6 heteroatoms. The van der Waals surface area contributed by atoms with Crippen LogP contribution in [0.5, 0.6) is 11.5 Å². The van der Waals surface area contributed by atoms with Crippen LogP contribution >= 0.6 is 0 Å². The molecule has 1 aliphatic rings. The minimum atomic E-state index is -0.110. The maximum atomic E-state index is 12.2. The molecule has 6 nitrogen and oxygen atoms in total. The molecule has 28 heavy (non-hydrogen) atoms. The maximum Gasteiger partial charge on any atom is 0.254 e. The Morgan fingerprint density at radius 3 is 2.21 bits per heavy atom. The van der Waals surface area contributed by atoms with Crippen LogP contribution in [0.3, 0.4) is 0 Å². The molecule has 1 aliphatic carbocycles. The van der Waals surface area contributed by atoms with Crippen LogP contribution in [0.25, 0.3) is 0 Å². The molecule has 1 fully saturated rings. The van der Waals surface area contributed by atoms with Crippen LogP contribution < -0.4 is 15.4 Å². The molecule has 0 radical (unpaired) electrons. The number of rotatable bonds is 6. The summed E-state index contributed by atoms with van der Waals surface area (Å²) in [6, 6.07) is 17.4. The highest BCUT2D eigenvalue weighted by Gasteiger charge is 2.18. The predicted molar refractivity (Wildman–Crippen MR) is 108 cm³/mol. The summed E-state index contributed by atoms with van der Waals surface area (Å²) in [5, 5.41) is 6.16. The highest BCUT2D eigenvalue weighted by Crippen LogP contribution is 2.23. The van der Waals surface area contributed by atoms with Crippen molar-refractivity contribution >= 4 is 17.5 Å². The van der Waals surface area contributed by atoms with Crippen LogP contribution in [-0.2, 0) is 0 Å². The summed E-state index contributed by atoms with van der Waals surface area (Å²) in [5.74, 6) is 1.87. The number of carbonyl (C=O) groups excluding carboxylic acids is 1. The van der Waals surface area contributed by atoms with E-state index >= 15 is 0 Å². The van der Waals surface area contributed by atoms with Crippen molar-refractivity contribution in [1.29, 1.82) is 0 Å². The summed E-state index contributed by atoms with van der Waals surface area (Å²) >= 11 is 0. The second-order valence-corrected chi connectivity index (χ2v) is 6.81. The minimum Gasteiger partial charge on any atom is -0.457 e. The van der Waals surface area contributed by atoms with Crippen LogP contribution in [0.1, 0.15) is 36.0 Å². The second kappa shape index (κ2) is 8.52. The van der Waals surface area contributed by atoms with Crippen LogP contribution in [-0.4, -0.2) is 21.9 Å². The molecule has 0 atom stereocenters. The van der Waals surface area contributed by atoms with Crippen LogP contribution in [0, 0.1) is 0 Å². The number of aromatic nitrogens is 2. The van der Waals surface area contributed by atoms with Crippen molar-refractivity contribution < 1.29 is 9.53 Å². The Labute approximate surface area is 164 Å². The predicted octanol–water partition coefficient (Wildman–Crippen LogP) is 4.68. The van der Waals surface area contributed by atoms with Gasteiger partial charge in [-0.1, -0.05) is 31.0 Å². The standard InChI is InChI=1S/C22H22N4O2/c27-21(25-17-6-4-5-7-17)16-14-23-22(24-15-16)26-18-10-12-20(13-11-18)28-19-8-2-1-3-9-19/h1-3,8-15,17H,4-7H2,(H,25,27)(H,23,24,26). The number of hydrogen-bond donors (Lipinski definition) is 2. The van der Waals surface area contributed by atoms with Gasteiger partial charge in [0, 0.05) is 24.1 Å². The minimum absolute atomic E-state index is 0.110. The topological polar surface area (TPSA) is 76.1 Å². The van der Waals surface area contributed by atoms with E-state index in [-0.39, 0.29) is 11.9 Å². The average molecular weight is 374 g/mol. The number of anilines is 2. The largest absolute Gasteiger partial charge is 0.457 e. The van der Waals surface area contributed by atoms with Gasteiger partial charge in [0.1, 0.15) is 11.5 Å². The maximum absolute atomic E-state index is 12.2. The summed E-state index contributed by atoms with van der Waals surface area (Å²) in [6.07, 6.45) is 7.56. The molecule has 1 amide bonds. The summed E-state index contributed by atoms with van der Waals surface area (Å²) < 4.78 is 5.78. The SMILES string of the molecule is O=C(NC1CCCC1)c1cnc(Nc2ccc(Oc3ccccc3)cc2)nc1. The van der Waals surface area contributed by atoms with Crippen molar-refractivity contribution in [3.8, 4) is 11.5 Å². The summed E-state index contributed by atoms with van der Waals surface area (Å²) in [7, 11) is 0. The van der Waals surface area contributed by atoms with Gasteiger partial charge >= 0.3 is 0 Å². The van der Waals surface area contributed by atoms with Gasteiger partial charge in [-0.15, -0.1) is 0 Å².